The number of nitrogens with zero attached hydrogens (tertiary/aromatic N) is 4. The van der Waals surface area contributed by atoms with E-state index in [2.05, 4.69) is 27.8 Å². The number of nitrogens with one attached hydrogen (secondary N) is 1. The minimum atomic E-state index is -0.268. The largest absolute Gasteiger partial charge is 0.350 e. The molecule has 0 aliphatic carbocycles. The molecule has 0 saturated carbocycles. The number of hydrogen-bond acceptors (Lipinski definition) is 4. The number of amides is 2. The van der Waals surface area contributed by atoms with Gasteiger partial charge in [0, 0.05) is 25.1 Å². The maximum Gasteiger partial charge on any atom is 0.261 e. The van der Waals surface area contributed by atoms with Gasteiger partial charge in [0.05, 0.1) is 45.9 Å². The average Bonchev–Trinajstić information content (AvgIpc) is 3.52. The van der Waals surface area contributed by atoms with Crippen LogP contribution in [-0.4, -0.2) is 31.2 Å². The van der Waals surface area contributed by atoms with Crippen LogP contribution in [0.5, 0.6) is 0 Å². The van der Waals surface area contributed by atoms with Crippen LogP contribution in [0.2, 0.25) is 0 Å². The summed E-state index contributed by atoms with van der Waals surface area (Å²) < 4.78 is 2.08. The minimum absolute atomic E-state index is 0.187. The summed E-state index contributed by atoms with van der Waals surface area (Å²) >= 11 is 0. The van der Waals surface area contributed by atoms with Crippen molar-refractivity contribution >= 4 is 33.8 Å². The molecule has 7 heteroatoms. The summed E-state index contributed by atoms with van der Waals surface area (Å²) in [6.07, 6.45) is 2.51. The Balaban J connectivity index is 1.45. The molecule has 2 amide bonds. The first-order chi connectivity index (χ1) is 16.9. The van der Waals surface area contributed by atoms with Crippen molar-refractivity contribution in [2.45, 2.75) is 19.9 Å². The van der Waals surface area contributed by atoms with E-state index in [1.807, 2.05) is 26.2 Å². The molecule has 3 heterocycles. The van der Waals surface area contributed by atoms with Crippen LogP contribution in [0.3, 0.4) is 0 Å². The van der Waals surface area contributed by atoms with Gasteiger partial charge in [0.15, 0.2) is 0 Å². The normalized spacial score (nSPS) is 13.1. The van der Waals surface area contributed by atoms with Gasteiger partial charge in [0.2, 0.25) is 0 Å². The fourth-order valence-electron chi connectivity index (χ4n) is 5.14. The number of rotatable bonds is 4. The van der Waals surface area contributed by atoms with E-state index in [1.54, 1.807) is 36.4 Å². The van der Waals surface area contributed by atoms with E-state index < -0.39 is 0 Å². The van der Waals surface area contributed by atoms with Crippen molar-refractivity contribution in [3.05, 3.63) is 100.0 Å². The standard InChI is InChI=1S/C28H21N5O2/c1-16-11-18(15-33-27(34)20-5-3-4-6-21(20)28(33)35)22(19-9-10-32(2)26(16)19)13-25-30-23-8-7-17(14-29)12-24(23)31-25/h3-12H,13,15H2,1-2H3,(H,30,31). The van der Waals surface area contributed by atoms with Crippen LogP contribution in [0.1, 0.15) is 48.8 Å². The van der Waals surface area contributed by atoms with Gasteiger partial charge in [-0.1, -0.05) is 18.2 Å². The van der Waals surface area contributed by atoms with E-state index in [1.165, 1.54) is 4.90 Å². The van der Waals surface area contributed by atoms with E-state index in [-0.39, 0.29) is 18.4 Å². The molecule has 0 radical (unpaired) electrons. The quantitative estimate of drug-likeness (QED) is 0.397. The molecule has 0 fully saturated rings. The number of imide groups is 1. The molecule has 1 aliphatic heterocycles. The van der Waals surface area contributed by atoms with Crippen LogP contribution < -0.4 is 0 Å². The van der Waals surface area contributed by atoms with Crippen molar-refractivity contribution in [1.29, 1.82) is 5.26 Å². The third-order valence-corrected chi connectivity index (χ3v) is 6.76. The van der Waals surface area contributed by atoms with E-state index in [0.29, 0.717) is 23.1 Å². The smallest absolute Gasteiger partial charge is 0.261 e. The Morgan fingerprint density at radius 1 is 1.03 bits per heavy atom. The summed E-state index contributed by atoms with van der Waals surface area (Å²) in [4.78, 5) is 35.5. The lowest BCUT2D eigenvalue weighted by atomic mass is 9.96. The fraction of sp³-hybridized carbons (Fsp3) is 0.143. The van der Waals surface area contributed by atoms with Crippen LogP contribution in [0.15, 0.2) is 60.8 Å². The summed E-state index contributed by atoms with van der Waals surface area (Å²) in [5.74, 6) is 0.220. The molecule has 0 bridgehead atoms. The number of H-pyrrole nitrogens is 1. The number of nitriles is 1. The SMILES string of the molecule is Cc1cc(CN2C(=O)c3ccccc3C2=O)c(Cc2nc3ccc(C#N)cc3[nH]2)c2ccn(C)c12. The molecule has 0 saturated heterocycles. The lowest BCUT2D eigenvalue weighted by molar-refractivity contribution is 0.0642. The van der Waals surface area contributed by atoms with E-state index in [9.17, 15) is 14.9 Å². The van der Waals surface area contributed by atoms with E-state index >= 15 is 0 Å². The maximum absolute atomic E-state index is 13.1. The highest BCUT2D eigenvalue weighted by molar-refractivity contribution is 6.21. The lowest BCUT2D eigenvalue weighted by Gasteiger charge is -2.19. The summed E-state index contributed by atoms with van der Waals surface area (Å²) in [5.41, 5.74) is 7.16. The third-order valence-electron chi connectivity index (χ3n) is 6.76. The van der Waals surface area contributed by atoms with Crippen molar-refractivity contribution in [2.24, 2.45) is 7.05 Å². The first-order valence-corrected chi connectivity index (χ1v) is 11.3. The monoisotopic (exact) mass is 459 g/mol. The Bertz CT molecular complexity index is 1700. The van der Waals surface area contributed by atoms with Crippen molar-refractivity contribution in [3.63, 3.8) is 0 Å². The summed E-state index contributed by atoms with van der Waals surface area (Å²) in [7, 11) is 2.01. The summed E-state index contributed by atoms with van der Waals surface area (Å²) in [5, 5.41) is 10.3. The Hall–Kier alpha value is -4.70. The van der Waals surface area contributed by atoms with Gasteiger partial charge in [0.25, 0.3) is 11.8 Å². The molecular formula is C28H21N5O2. The number of hydrogen-bond donors (Lipinski definition) is 1. The predicted octanol–water partition coefficient (Wildman–Crippen LogP) is 4.62. The highest BCUT2D eigenvalue weighted by Crippen LogP contribution is 2.32. The lowest BCUT2D eigenvalue weighted by Crippen LogP contribution is -2.29. The van der Waals surface area contributed by atoms with Gasteiger partial charge < -0.3 is 9.55 Å². The molecule has 170 valence electrons. The number of benzene rings is 3. The number of aromatic amines is 1. The number of fused-ring (bicyclic) bond motifs is 3. The molecule has 1 N–H and O–H groups in total. The zero-order valence-corrected chi connectivity index (χ0v) is 19.3. The van der Waals surface area contributed by atoms with Gasteiger partial charge in [-0.15, -0.1) is 0 Å². The minimum Gasteiger partial charge on any atom is -0.350 e. The van der Waals surface area contributed by atoms with Crippen molar-refractivity contribution in [2.75, 3.05) is 0 Å². The highest BCUT2D eigenvalue weighted by Gasteiger charge is 2.35. The van der Waals surface area contributed by atoms with Gasteiger partial charge in [-0.05, 0) is 60.0 Å². The molecule has 0 unspecified atom stereocenters. The molecule has 0 atom stereocenters. The van der Waals surface area contributed by atoms with Crippen molar-refractivity contribution in [1.82, 2.24) is 19.4 Å². The van der Waals surface area contributed by atoms with E-state index in [4.69, 9.17) is 4.98 Å². The first kappa shape index (κ1) is 20.9. The highest BCUT2D eigenvalue weighted by atomic mass is 16.2. The number of carbonyl (C=O) groups excluding carboxylic acids is 2. The Morgan fingerprint density at radius 2 is 1.77 bits per heavy atom. The third kappa shape index (κ3) is 3.22. The molecule has 2 aromatic heterocycles. The molecular weight excluding hydrogens is 438 g/mol. The topological polar surface area (TPSA) is 94.8 Å². The number of imidazole rings is 1. The fourth-order valence-corrected chi connectivity index (χ4v) is 5.14. The van der Waals surface area contributed by atoms with Crippen LogP contribution in [0.25, 0.3) is 21.9 Å². The molecule has 0 spiro atoms. The van der Waals surface area contributed by atoms with E-state index in [0.717, 1.165) is 44.5 Å². The van der Waals surface area contributed by atoms with Crippen LogP contribution in [-0.2, 0) is 20.0 Å². The maximum atomic E-state index is 13.1. The zero-order chi connectivity index (χ0) is 24.3. The van der Waals surface area contributed by atoms with Crippen LogP contribution in [0.4, 0.5) is 0 Å². The average molecular weight is 460 g/mol. The Morgan fingerprint density at radius 3 is 2.49 bits per heavy atom. The molecule has 7 nitrogen and oxygen atoms in total. The van der Waals surface area contributed by atoms with Crippen molar-refractivity contribution < 1.29 is 9.59 Å². The Labute approximate surface area is 201 Å². The second-order valence-electron chi connectivity index (χ2n) is 8.97. The van der Waals surface area contributed by atoms with Gasteiger partial charge in [-0.2, -0.15) is 5.26 Å². The van der Waals surface area contributed by atoms with Gasteiger partial charge in [0.1, 0.15) is 5.82 Å². The number of carbonyl (C=O) groups is 2. The first-order valence-electron chi connectivity index (χ1n) is 11.3. The van der Waals surface area contributed by atoms with Crippen LogP contribution in [0, 0.1) is 18.3 Å². The summed E-state index contributed by atoms with van der Waals surface area (Å²) in [6.45, 7) is 2.23. The molecule has 5 aromatic rings. The van der Waals surface area contributed by atoms with Gasteiger partial charge >= 0.3 is 0 Å². The molecule has 1 aliphatic rings. The molecule has 6 rings (SSSR count). The van der Waals surface area contributed by atoms with Crippen LogP contribution >= 0.6 is 0 Å². The zero-order valence-electron chi connectivity index (χ0n) is 19.3. The molecule has 3 aromatic carbocycles. The van der Waals surface area contributed by atoms with Gasteiger partial charge in [-0.25, -0.2) is 4.98 Å². The summed E-state index contributed by atoms with van der Waals surface area (Å²) in [6, 6.07) is 18.6. The predicted molar refractivity (Wildman–Crippen MR) is 132 cm³/mol. The second-order valence-corrected chi connectivity index (χ2v) is 8.97. The van der Waals surface area contributed by atoms with Crippen molar-refractivity contribution in [3.8, 4) is 6.07 Å². The second kappa shape index (κ2) is 7.67. The number of aryl methyl sites for hydroxylation is 2. The van der Waals surface area contributed by atoms with Gasteiger partial charge in [-0.3, -0.25) is 14.5 Å². The molecule has 35 heavy (non-hydrogen) atoms. The number of aromatic nitrogens is 3. The Kier molecular flexibility index (Phi) is 4.58.